The zero-order valence-electron chi connectivity index (χ0n) is 18.6. The molecule has 0 saturated carbocycles. The summed E-state index contributed by atoms with van der Waals surface area (Å²) in [5, 5.41) is 3.75. The lowest BCUT2D eigenvalue weighted by Gasteiger charge is -2.11. The van der Waals surface area contributed by atoms with E-state index in [0.717, 1.165) is 41.2 Å². The highest BCUT2D eigenvalue weighted by molar-refractivity contribution is 7.98. The Morgan fingerprint density at radius 1 is 1.18 bits per heavy atom. The van der Waals surface area contributed by atoms with Gasteiger partial charge in [-0.25, -0.2) is 9.37 Å². The number of ether oxygens (including phenoxy) is 1. The fourth-order valence-electron chi connectivity index (χ4n) is 4.02. The van der Waals surface area contributed by atoms with Crippen LogP contribution in [0.25, 0.3) is 11.0 Å². The molecule has 3 heterocycles. The largest absolute Gasteiger partial charge is 0.376 e. The van der Waals surface area contributed by atoms with Crippen molar-refractivity contribution in [3.8, 4) is 0 Å². The van der Waals surface area contributed by atoms with Crippen molar-refractivity contribution in [3.05, 3.63) is 89.5 Å². The van der Waals surface area contributed by atoms with Crippen molar-refractivity contribution in [2.45, 2.75) is 36.4 Å². The van der Waals surface area contributed by atoms with E-state index in [1.54, 1.807) is 36.3 Å². The maximum absolute atomic E-state index is 14.3. The van der Waals surface area contributed by atoms with Gasteiger partial charge in [0.15, 0.2) is 5.16 Å². The number of aromatic nitrogens is 3. The molecule has 1 atom stereocenters. The minimum Gasteiger partial charge on any atom is -0.376 e. The molecule has 1 amide bonds. The fourth-order valence-corrected chi connectivity index (χ4v) is 4.99. The standard InChI is InChI=1S/C26H25FN4O2S/c27-22-6-2-1-4-20(22)16-31-24-15-28-12-11-23(24)30-26(31)34-17-18-7-9-19(10-8-18)25(32)29-14-21-5-3-13-33-21/h1-2,4,6-12,15,21H,3,5,13-14,16-17H2,(H,29,32)/t21-/m1/s1. The van der Waals surface area contributed by atoms with Crippen LogP contribution in [-0.4, -0.2) is 39.7 Å². The maximum atomic E-state index is 14.3. The highest BCUT2D eigenvalue weighted by Gasteiger charge is 2.17. The zero-order chi connectivity index (χ0) is 23.3. The molecule has 1 fully saturated rings. The van der Waals surface area contributed by atoms with Crippen LogP contribution in [0.15, 0.2) is 72.1 Å². The van der Waals surface area contributed by atoms with E-state index in [-0.39, 0.29) is 17.8 Å². The first kappa shape index (κ1) is 22.6. The van der Waals surface area contributed by atoms with E-state index in [1.807, 2.05) is 41.0 Å². The average molecular weight is 477 g/mol. The summed E-state index contributed by atoms with van der Waals surface area (Å²) in [4.78, 5) is 21.4. The molecule has 1 N–H and O–H groups in total. The number of rotatable bonds is 8. The van der Waals surface area contributed by atoms with Crippen LogP contribution in [0, 0.1) is 5.82 Å². The first-order valence-corrected chi connectivity index (χ1v) is 12.3. The summed E-state index contributed by atoms with van der Waals surface area (Å²) in [6.07, 6.45) is 5.64. The van der Waals surface area contributed by atoms with Gasteiger partial charge in [0.1, 0.15) is 5.82 Å². The molecule has 0 spiro atoms. The first-order chi connectivity index (χ1) is 16.7. The summed E-state index contributed by atoms with van der Waals surface area (Å²) in [5.74, 6) is 0.345. The van der Waals surface area contributed by atoms with Crippen molar-refractivity contribution < 1.29 is 13.9 Å². The van der Waals surface area contributed by atoms with Crippen LogP contribution < -0.4 is 5.32 Å². The van der Waals surface area contributed by atoms with Gasteiger partial charge in [0.05, 0.1) is 29.9 Å². The molecule has 4 aromatic rings. The number of hydrogen-bond acceptors (Lipinski definition) is 5. The van der Waals surface area contributed by atoms with Gasteiger partial charge in [-0.05, 0) is 42.7 Å². The Bertz CT molecular complexity index is 1290. The Balaban J connectivity index is 1.27. The van der Waals surface area contributed by atoms with Crippen molar-refractivity contribution in [1.29, 1.82) is 0 Å². The highest BCUT2D eigenvalue weighted by Crippen LogP contribution is 2.28. The van der Waals surface area contributed by atoms with Crippen molar-refractivity contribution >= 4 is 28.7 Å². The summed E-state index contributed by atoms with van der Waals surface area (Å²) >= 11 is 1.58. The molecule has 0 aliphatic carbocycles. The number of halogens is 1. The van der Waals surface area contributed by atoms with Crippen molar-refractivity contribution in [3.63, 3.8) is 0 Å². The number of nitrogens with zero attached hydrogens (tertiary/aromatic N) is 3. The smallest absolute Gasteiger partial charge is 0.251 e. The molecule has 0 unspecified atom stereocenters. The van der Waals surface area contributed by atoms with Crippen LogP contribution in [0.4, 0.5) is 4.39 Å². The quantitative estimate of drug-likeness (QED) is 0.369. The van der Waals surface area contributed by atoms with Crippen molar-refractivity contribution in [1.82, 2.24) is 19.9 Å². The Morgan fingerprint density at radius 3 is 2.82 bits per heavy atom. The molecule has 1 aliphatic heterocycles. The van der Waals surface area contributed by atoms with Gasteiger partial charge in [-0.2, -0.15) is 0 Å². The second-order valence-corrected chi connectivity index (χ2v) is 9.21. The van der Waals surface area contributed by atoms with E-state index in [2.05, 4.69) is 10.3 Å². The van der Waals surface area contributed by atoms with Gasteiger partial charge < -0.3 is 14.6 Å². The molecule has 6 nitrogen and oxygen atoms in total. The van der Waals surface area contributed by atoms with E-state index in [0.29, 0.717) is 30.0 Å². The molecule has 2 aromatic carbocycles. The van der Waals surface area contributed by atoms with E-state index >= 15 is 0 Å². The topological polar surface area (TPSA) is 69.0 Å². The number of benzene rings is 2. The summed E-state index contributed by atoms with van der Waals surface area (Å²) in [7, 11) is 0. The molecule has 1 aliphatic rings. The zero-order valence-corrected chi connectivity index (χ0v) is 19.4. The second kappa shape index (κ2) is 10.4. The minimum atomic E-state index is -0.238. The third kappa shape index (κ3) is 5.13. The number of pyridine rings is 1. The molecule has 1 saturated heterocycles. The molecule has 174 valence electrons. The predicted octanol–water partition coefficient (Wildman–Crippen LogP) is 4.82. The lowest BCUT2D eigenvalue weighted by molar-refractivity contribution is 0.0858. The SMILES string of the molecule is O=C(NC[C@H]1CCCO1)c1ccc(CSc2nc3ccncc3n2Cc2ccccc2F)cc1. The molecule has 34 heavy (non-hydrogen) atoms. The number of hydrogen-bond donors (Lipinski definition) is 1. The van der Waals surface area contributed by atoms with E-state index in [4.69, 9.17) is 9.72 Å². The molecule has 0 radical (unpaired) electrons. The molecule has 2 aromatic heterocycles. The van der Waals surface area contributed by atoms with Gasteiger partial charge in [-0.1, -0.05) is 42.1 Å². The van der Waals surface area contributed by atoms with Crippen LogP contribution in [0.3, 0.4) is 0 Å². The monoisotopic (exact) mass is 476 g/mol. The second-order valence-electron chi connectivity index (χ2n) is 8.27. The summed E-state index contributed by atoms with van der Waals surface area (Å²) in [6, 6.07) is 16.2. The van der Waals surface area contributed by atoms with E-state index in [1.165, 1.54) is 6.07 Å². The predicted molar refractivity (Wildman–Crippen MR) is 130 cm³/mol. The summed E-state index contributed by atoms with van der Waals surface area (Å²) in [6.45, 7) is 1.70. The van der Waals surface area contributed by atoms with Crippen LogP contribution in [0.5, 0.6) is 0 Å². The number of thioether (sulfide) groups is 1. The van der Waals surface area contributed by atoms with Crippen molar-refractivity contribution in [2.24, 2.45) is 0 Å². The summed E-state index contributed by atoms with van der Waals surface area (Å²) < 4.78 is 21.9. The molecule has 5 rings (SSSR count). The Hall–Kier alpha value is -3.23. The average Bonchev–Trinajstić information content (AvgIpc) is 3.51. The number of fused-ring (bicyclic) bond motifs is 1. The fraction of sp³-hybridized carbons (Fsp3) is 0.269. The van der Waals surface area contributed by atoms with Crippen LogP contribution in [-0.2, 0) is 17.0 Å². The molecule has 8 heteroatoms. The van der Waals surface area contributed by atoms with Crippen LogP contribution in [0.1, 0.15) is 34.3 Å². The Kier molecular flexibility index (Phi) is 6.87. The molecule has 0 bridgehead atoms. The number of carbonyl (C=O) groups is 1. The van der Waals surface area contributed by atoms with Crippen molar-refractivity contribution in [2.75, 3.05) is 13.2 Å². The highest BCUT2D eigenvalue weighted by atomic mass is 32.2. The van der Waals surface area contributed by atoms with Crippen LogP contribution >= 0.6 is 11.8 Å². The van der Waals surface area contributed by atoms with Gasteiger partial charge in [-0.3, -0.25) is 9.78 Å². The maximum Gasteiger partial charge on any atom is 0.251 e. The lowest BCUT2D eigenvalue weighted by Crippen LogP contribution is -2.31. The van der Waals surface area contributed by atoms with Gasteiger partial charge in [0, 0.05) is 36.2 Å². The number of imidazole rings is 1. The van der Waals surface area contributed by atoms with Gasteiger partial charge >= 0.3 is 0 Å². The number of carbonyl (C=O) groups excluding carboxylic acids is 1. The third-order valence-corrected chi connectivity index (χ3v) is 6.95. The van der Waals surface area contributed by atoms with E-state index in [9.17, 15) is 9.18 Å². The lowest BCUT2D eigenvalue weighted by atomic mass is 10.1. The Morgan fingerprint density at radius 2 is 2.03 bits per heavy atom. The van der Waals surface area contributed by atoms with E-state index < -0.39 is 0 Å². The van der Waals surface area contributed by atoms with Gasteiger partial charge in [0.2, 0.25) is 0 Å². The van der Waals surface area contributed by atoms with Crippen LogP contribution in [0.2, 0.25) is 0 Å². The molecular weight excluding hydrogens is 451 g/mol. The number of amides is 1. The van der Waals surface area contributed by atoms with Gasteiger partial charge in [-0.15, -0.1) is 0 Å². The minimum absolute atomic E-state index is 0.0890. The summed E-state index contributed by atoms with van der Waals surface area (Å²) in [5.41, 5.74) is 4.00. The normalized spacial score (nSPS) is 15.6. The first-order valence-electron chi connectivity index (χ1n) is 11.3. The third-order valence-electron chi connectivity index (χ3n) is 5.90. The molecular formula is C26H25FN4O2S. The Labute approximate surface area is 201 Å². The number of nitrogens with one attached hydrogen (secondary N) is 1. The van der Waals surface area contributed by atoms with Gasteiger partial charge in [0.25, 0.3) is 5.91 Å².